The van der Waals surface area contributed by atoms with Crippen LogP contribution in [-0.2, 0) is 9.59 Å². The summed E-state index contributed by atoms with van der Waals surface area (Å²) in [5.74, 6) is 4.48. The number of carbonyl (C=O) groups excluding carboxylic acids is 2. The lowest BCUT2D eigenvalue weighted by Crippen LogP contribution is -2.48. The summed E-state index contributed by atoms with van der Waals surface area (Å²) in [5, 5.41) is 9.86. The second kappa shape index (κ2) is 8.88. The van der Waals surface area contributed by atoms with Crippen molar-refractivity contribution >= 4 is 34.8 Å². The molecule has 31 heavy (non-hydrogen) atoms. The van der Waals surface area contributed by atoms with E-state index in [-0.39, 0.29) is 28.0 Å². The van der Waals surface area contributed by atoms with Gasteiger partial charge in [-0.15, -0.1) is 11.3 Å². The third kappa shape index (κ3) is 5.19. The molecule has 1 fully saturated rings. The van der Waals surface area contributed by atoms with E-state index in [2.05, 4.69) is 24.8 Å². The molecule has 2 aliphatic rings. The summed E-state index contributed by atoms with van der Waals surface area (Å²) in [4.78, 5) is 42.3. The third-order valence-electron chi connectivity index (χ3n) is 5.66. The Labute approximate surface area is 187 Å². The summed E-state index contributed by atoms with van der Waals surface area (Å²) >= 11 is 1.06. The van der Waals surface area contributed by atoms with Gasteiger partial charge in [-0.3, -0.25) is 14.5 Å². The summed E-state index contributed by atoms with van der Waals surface area (Å²) in [6.07, 6.45) is 4.71. The van der Waals surface area contributed by atoms with E-state index in [1.807, 2.05) is 20.8 Å². The van der Waals surface area contributed by atoms with Gasteiger partial charge in [0.2, 0.25) is 11.8 Å². The summed E-state index contributed by atoms with van der Waals surface area (Å²) in [6.45, 7) is 8.53. The van der Waals surface area contributed by atoms with Gasteiger partial charge in [0.25, 0.3) is 0 Å². The lowest BCUT2D eigenvalue weighted by molar-refractivity contribution is -0.131. The van der Waals surface area contributed by atoms with Crippen LogP contribution < -0.4 is 4.90 Å². The van der Waals surface area contributed by atoms with Crippen molar-refractivity contribution in [3.63, 3.8) is 0 Å². The molecule has 2 amide bonds. The van der Waals surface area contributed by atoms with Gasteiger partial charge in [-0.05, 0) is 59.4 Å². The van der Waals surface area contributed by atoms with E-state index in [1.54, 1.807) is 18.0 Å². The van der Waals surface area contributed by atoms with Crippen LogP contribution in [0, 0.1) is 23.2 Å². The van der Waals surface area contributed by atoms with Gasteiger partial charge in [0.1, 0.15) is 10.9 Å². The number of hydrogen-bond donors (Lipinski definition) is 1. The average Bonchev–Trinajstić information content (AvgIpc) is 3.26. The predicted octanol–water partition coefficient (Wildman–Crippen LogP) is 4.15. The number of likely N-dealkylation sites (N-methyl/N-ethyl adjacent to an activating group) is 1. The van der Waals surface area contributed by atoms with Crippen molar-refractivity contribution in [3.05, 3.63) is 27.5 Å². The van der Waals surface area contributed by atoms with E-state index < -0.39 is 12.0 Å². The van der Waals surface area contributed by atoms with Gasteiger partial charge in [0.05, 0.1) is 10.6 Å². The van der Waals surface area contributed by atoms with E-state index in [1.165, 1.54) is 10.5 Å². The molecular formula is C24H30N2O4S. The van der Waals surface area contributed by atoms with E-state index in [0.717, 1.165) is 17.8 Å². The van der Waals surface area contributed by atoms with Gasteiger partial charge in [0.15, 0.2) is 0 Å². The van der Waals surface area contributed by atoms with Crippen LogP contribution in [0.5, 0.6) is 0 Å². The number of hydrogen-bond acceptors (Lipinski definition) is 4. The quantitative estimate of drug-likeness (QED) is 0.561. The Kier molecular flexibility index (Phi) is 6.61. The fourth-order valence-corrected chi connectivity index (χ4v) is 4.74. The maximum atomic E-state index is 13.6. The number of rotatable bonds is 4. The lowest BCUT2D eigenvalue weighted by atomic mass is 9.88. The highest BCUT2D eigenvalue weighted by Crippen LogP contribution is 2.36. The first-order valence-corrected chi connectivity index (χ1v) is 11.4. The Hall–Kier alpha value is -2.59. The summed E-state index contributed by atoms with van der Waals surface area (Å²) in [7, 11) is 1.71. The van der Waals surface area contributed by atoms with Crippen molar-refractivity contribution < 1.29 is 19.5 Å². The number of carbonyl (C=O) groups is 3. The first-order chi connectivity index (χ1) is 14.5. The summed E-state index contributed by atoms with van der Waals surface area (Å²) < 4.78 is 0. The predicted molar refractivity (Wildman–Crippen MR) is 122 cm³/mol. The first-order valence-electron chi connectivity index (χ1n) is 10.6. The molecule has 0 bridgehead atoms. The van der Waals surface area contributed by atoms with Gasteiger partial charge in [-0.25, -0.2) is 4.79 Å². The molecular weight excluding hydrogens is 412 g/mol. The molecule has 0 spiro atoms. The highest BCUT2D eigenvalue weighted by atomic mass is 32.1. The molecule has 0 unspecified atom stereocenters. The molecule has 1 aliphatic heterocycles. The molecule has 1 aromatic rings. The average molecular weight is 443 g/mol. The molecule has 6 nitrogen and oxygen atoms in total. The standard InChI is InChI=1S/C24H30N2O4S/c1-15-6-8-16(9-7-15)21(27)26(18-11-13-25(5)22(18)28)19-14-17(10-12-24(2,3)4)31-20(19)23(29)30/h6,14,16,18H,7-9,11,13H2,1-5H3,(H,29,30)/t16-,18-/m0/s1. The minimum Gasteiger partial charge on any atom is -0.477 e. The Morgan fingerprint density at radius 2 is 2.00 bits per heavy atom. The van der Waals surface area contributed by atoms with Crippen LogP contribution in [0.4, 0.5) is 5.69 Å². The molecule has 1 saturated heterocycles. The van der Waals surface area contributed by atoms with Gasteiger partial charge in [0, 0.05) is 24.9 Å². The van der Waals surface area contributed by atoms with Crippen LogP contribution in [0.1, 0.15) is 67.9 Å². The van der Waals surface area contributed by atoms with Crippen LogP contribution in [0.15, 0.2) is 17.7 Å². The van der Waals surface area contributed by atoms with Crippen molar-refractivity contribution in [2.75, 3.05) is 18.5 Å². The van der Waals surface area contributed by atoms with Crippen LogP contribution in [0.3, 0.4) is 0 Å². The van der Waals surface area contributed by atoms with Crippen LogP contribution in [0.25, 0.3) is 0 Å². The number of allylic oxidation sites excluding steroid dienone is 2. The molecule has 166 valence electrons. The van der Waals surface area contributed by atoms with E-state index in [0.29, 0.717) is 36.4 Å². The fraction of sp³-hybridized carbons (Fsp3) is 0.542. The molecule has 7 heteroatoms. The molecule has 3 rings (SSSR count). The second-order valence-corrected chi connectivity index (χ2v) is 10.5. The minimum absolute atomic E-state index is 0.0523. The Balaban J connectivity index is 2.07. The van der Waals surface area contributed by atoms with Crippen LogP contribution in [-0.4, -0.2) is 47.4 Å². The second-order valence-electron chi connectivity index (χ2n) is 9.42. The van der Waals surface area contributed by atoms with Gasteiger partial charge >= 0.3 is 5.97 Å². The Bertz CT molecular complexity index is 989. The van der Waals surface area contributed by atoms with E-state index in [9.17, 15) is 19.5 Å². The van der Waals surface area contributed by atoms with Crippen LogP contribution >= 0.6 is 11.3 Å². The third-order valence-corrected chi connectivity index (χ3v) is 6.69. The van der Waals surface area contributed by atoms with Crippen molar-refractivity contribution in [1.82, 2.24) is 4.90 Å². The molecule has 1 aliphatic carbocycles. The molecule has 0 radical (unpaired) electrons. The number of carboxylic acid groups (broad SMARTS) is 1. The number of likely N-dealkylation sites (tertiary alicyclic amines) is 1. The zero-order valence-corrected chi connectivity index (χ0v) is 19.6. The molecule has 2 atom stereocenters. The zero-order valence-electron chi connectivity index (χ0n) is 18.8. The SMILES string of the molecule is CC1=CC[C@H](C(=O)N(c2cc(C#CC(C)(C)C)sc2C(=O)O)[C@H]2CCN(C)C2=O)CC1. The van der Waals surface area contributed by atoms with Crippen molar-refractivity contribution in [3.8, 4) is 11.8 Å². The fourth-order valence-electron chi connectivity index (χ4n) is 3.89. The molecule has 2 heterocycles. The topological polar surface area (TPSA) is 77.9 Å². The molecule has 1 N–H and O–H groups in total. The largest absolute Gasteiger partial charge is 0.477 e. The minimum atomic E-state index is -1.11. The van der Waals surface area contributed by atoms with Crippen LogP contribution in [0.2, 0.25) is 0 Å². The maximum Gasteiger partial charge on any atom is 0.348 e. The molecule has 0 saturated carbocycles. The zero-order chi connectivity index (χ0) is 22.9. The number of thiophene rings is 1. The smallest absolute Gasteiger partial charge is 0.348 e. The molecule has 1 aromatic heterocycles. The highest BCUT2D eigenvalue weighted by Gasteiger charge is 2.41. The number of amides is 2. The van der Waals surface area contributed by atoms with Crippen molar-refractivity contribution in [2.24, 2.45) is 11.3 Å². The number of aromatic carboxylic acids is 1. The van der Waals surface area contributed by atoms with Crippen molar-refractivity contribution in [2.45, 2.75) is 59.4 Å². The maximum absolute atomic E-state index is 13.6. The Morgan fingerprint density at radius 3 is 2.52 bits per heavy atom. The number of anilines is 1. The highest BCUT2D eigenvalue weighted by molar-refractivity contribution is 7.15. The summed E-state index contributed by atoms with van der Waals surface area (Å²) in [5.41, 5.74) is 1.31. The van der Waals surface area contributed by atoms with Gasteiger partial charge in [-0.1, -0.05) is 23.5 Å². The number of nitrogens with zero attached hydrogens (tertiary/aromatic N) is 2. The number of carboxylic acids is 1. The van der Waals surface area contributed by atoms with Gasteiger partial charge in [-0.2, -0.15) is 0 Å². The lowest BCUT2D eigenvalue weighted by Gasteiger charge is -2.32. The Morgan fingerprint density at radius 1 is 1.29 bits per heavy atom. The monoisotopic (exact) mass is 442 g/mol. The van der Waals surface area contributed by atoms with E-state index >= 15 is 0 Å². The van der Waals surface area contributed by atoms with E-state index in [4.69, 9.17) is 0 Å². The summed E-state index contributed by atoms with van der Waals surface area (Å²) in [6, 6.07) is 0.987. The normalized spacial score (nSPS) is 21.4. The first kappa shape index (κ1) is 23.1. The van der Waals surface area contributed by atoms with Gasteiger partial charge < -0.3 is 10.0 Å². The van der Waals surface area contributed by atoms with Crippen molar-refractivity contribution in [1.29, 1.82) is 0 Å². The molecule has 0 aromatic carbocycles.